The van der Waals surface area contributed by atoms with Crippen molar-refractivity contribution in [1.82, 2.24) is 9.80 Å². The number of benzene rings is 1. The number of esters is 1. The Hall–Kier alpha value is -2.67. The number of carbonyl (C=O) groups excluding carboxylic acids is 3. The predicted molar refractivity (Wildman–Crippen MR) is 114 cm³/mol. The minimum atomic E-state index is -1.66. The van der Waals surface area contributed by atoms with Crippen molar-refractivity contribution in [3.63, 3.8) is 0 Å². The van der Waals surface area contributed by atoms with Gasteiger partial charge in [-0.1, -0.05) is 55.2 Å². The van der Waals surface area contributed by atoms with E-state index in [4.69, 9.17) is 4.74 Å². The molecule has 2 aliphatic heterocycles. The van der Waals surface area contributed by atoms with Crippen LogP contribution in [0.2, 0.25) is 19.6 Å². The first-order valence-electron chi connectivity index (χ1n) is 9.79. The summed E-state index contributed by atoms with van der Waals surface area (Å²) in [5.74, 6) is -0.921. The third-order valence-electron chi connectivity index (χ3n) is 5.65. The van der Waals surface area contributed by atoms with Gasteiger partial charge in [0.15, 0.2) is 0 Å². The van der Waals surface area contributed by atoms with Crippen molar-refractivity contribution < 1.29 is 19.1 Å². The van der Waals surface area contributed by atoms with Gasteiger partial charge in [0, 0.05) is 13.5 Å². The van der Waals surface area contributed by atoms with E-state index in [1.165, 1.54) is 24.1 Å². The molecule has 1 atom stereocenters. The maximum atomic E-state index is 13.4. The van der Waals surface area contributed by atoms with Gasteiger partial charge in [0.25, 0.3) is 0 Å². The molecule has 0 aromatic heterocycles. The lowest BCUT2D eigenvalue weighted by molar-refractivity contribution is -0.138. The van der Waals surface area contributed by atoms with Crippen molar-refractivity contribution in [2.45, 2.75) is 46.0 Å². The van der Waals surface area contributed by atoms with Crippen LogP contribution >= 0.6 is 0 Å². The van der Waals surface area contributed by atoms with Gasteiger partial charge in [0.05, 0.1) is 26.5 Å². The Morgan fingerprint density at radius 2 is 1.76 bits per heavy atom. The second-order valence-electron chi connectivity index (χ2n) is 8.49. The predicted octanol–water partition coefficient (Wildman–Crippen LogP) is 4.04. The lowest BCUT2D eigenvalue weighted by Gasteiger charge is -2.45. The number of urea groups is 1. The summed E-state index contributed by atoms with van der Waals surface area (Å²) in [5.41, 5.74) is 2.63. The molecule has 1 aromatic carbocycles. The third kappa shape index (κ3) is 3.55. The summed E-state index contributed by atoms with van der Waals surface area (Å²) in [7, 11) is -0.326. The zero-order chi connectivity index (χ0) is 21.5. The van der Waals surface area contributed by atoms with Crippen LogP contribution in [-0.2, 0) is 14.3 Å². The maximum Gasteiger partial charge on any atom is 0.338 e. The molecule has 3 rings (SSSR count). The smallest absolute Gasteiger partial charge is 0.338 e. The number of imide groups is 1. The van der Waals surface area contributed by atoms with Gasteiger partial charge >= 0.3 is 12.0 Å². The van der Waals surface area contributed by atoms with E-state index in [2.05, 4.69) is 19.6 Å². The number of carbonyl (C=O) groups is 3. The SMILES string of the molecule is COC(=O)C1=C2C(C)=C([Si](C)(C)C)CCN2C(=O)N(C(C)=O)C1c1ccccc1. The molecule has 2 heterocycles. The summed E-state index contributed by atoms with van der Waals surface area (Å²) in [5, 5.41) is 1.33. The van der Waals surface area contributed by atoms with E-state index in [-0.39, 0.29) is 6.03 Å². The van der Waals surface area contributed by atoms with E-state index in [9.17, 15) is 14.4 Å². The number of hydrogen-bond acceptors (Lipinski definition) is 4. The fourth-order valence-corrected chi connectivity index (χ4v) is 6.53. The summed E-state index contributed by atoms with van der Waals surface area (Å²) in [6.07, 6.45) is 0.757. The van der Waals surface area contributed by atoms with Gasteiger partial charge < -0.3 is 4.74 Å². The second kappa shape index (κ2) is 7.63. The quantitative estimate of drug-likeness (QED) is 0.555. The van der Waals surface area contributed by atoms with Crippen molar-refractivity contribution in [2.75, 3.05) is 13.7 Å². The number of hydrogen-bond donors (Lipinski definition) is 0. The van der Waals surface area contributed by atoms with Gasteiger partial charge in [0.2, 0.25) is 5.91 Å². The summed E-state index contributed by atoms with van der Waals surface area (Å²) in [4.78, 5) is 41.7. The van der Waals surface area contributed by atoms with Crippen LogP contribution in [0.5, 0.6) is 0 Å². The van der Waals surface area contributed by atoms with Crippen LogP contribution in [0.25, 0.3) is 0 Å². The molecule has 7 heteroatoms. The number of nitrogens with zero attached hydrogens (tertiary/aromatic N) is 2. The maximum absolute atomic E-state index is 13.4. The second-order valence-corrected chi connectivity index (χ2v) is 13.6. The normalized spacial score (nSPS) is 20.1. The Kier molecular flexibility index (Phi) is 5.54. The Bertz CT molecular complexity index is 928. The molecule has 0 bridgehead atoms. The third-order valence-corrected chi connectivity index (χ3v) is 8.09. The Morgan fingerprint density at radius 3 is 2.28 bits per heavy atom. The van der Waals surface area contributed by atoms with Gasteiger partial charge in [0.1, 0.15) is 6.04 Å². The molecule has 0 radical (unpaired) electrons. The highest BCUT2D eigenvalue weighted by Gasteiger charge is 2.47. The number of ether oxygens (including phenoxy) is 1. The van der Waals surface area contributed by atoms with Gasteiger partial charge in [-0.15, -0.1) is 0 Å². The number of allylic oxidation sites excluding steroid dienone is 1. The van der Waals surface area contributed by atoms with Crippen LogP contribution in [-0.4, -0.2) is 49.4 Å². The average Bonchev–Trinajstić information content (AvgIpc) is 2.67. The Morgan fingerprint density at radius 1 is 1.14 bits per heavy atom. The molecule has 6 nitrogen and oxygen atoms in total. The highest BCUT2D eigenvalue weighted by Crippen LogP contribution is 2.44. The standard InChI is InChI=1S/C22H28N2O4Si/c1-14-17(29(4,5)6)12-13-23-19(14)18(21(26)28-3)20(16-10-8-7-9-11-16)24(15(2)25)22(23)27/h7-11,20H,12-13H2,1-6H3. The number of amides is 3. The summed E-state index contributed by atoms with van der Waals surface area (Å²) in [6.45, 7) is 10.6. The molecule has 0 spiro atoms. The van der Waals surface area contributed by atoms with Gasteiger partial charge in [-0.05, 0) is 24.5 Å². The first-order valence-corrected chi connectivity index (χ1v) is 13.3. The minimum absolute atomic E-state index is 0.349. The average molecular weight is 413 g/mol. The van der Waals surface area contributed by atoms with Gasteiger partial charge in [-0.2, -0.15) is 0 Å². The van der Waals surface area contributed by atoms with Crippen molar-refractivity contribution >= 4 is 26.0 Å². The van der Waals surface area contributed by atoms with Crippen molar-refractivity contribution in [3.8, 4) is 0 Å². The Balaban J connectivity index is 2.39. The summed E-state index contributed by atoms with van der Waals surface area (Å²) < 4.78 is 5.14. The molecule has 2 aliphatic rings. The van der Waals surface area contributed by atoms with E-state index >= 15 is 0 Å². The van der Waals surface area contributed by atoms with Gasteiger partial charge in [-0.3, -0.25) is 14.6 Å². The van der Waals surface area contributed by atoms with Crippen molar-refractivity contribution in [2.24, 2.45) is 0 Å². The van der Waals surface area contributed by atoms with E-state index in [0.29, 0.717) is 23.4 Å². The lowest BCUT2D eigenvalue weighted by atomic mass is 9.89. The number of fused-ring (bicyclic) bond motifs is 1. The summed E-state index contributed by atoms with van der Waals surface area (Å²) in [6, 6.07) is 7.99. The molecule has 154 valence electrons. The zero-order valence-corrected chi connectivity index (χ0v) is 18.9. The van der Waals surface area contributed by atoms with E-state index < -0.39 is 26.0 Å². The van der Waals surface area contributed by atoms with Crippen LogP contribution in [0.15, 0.2) is 52.4 Å². The lowest BCUT2D eigenvalue weighted by Crippen LogP contribution is -2.54. The molecule has 0 fully saturated rings. The molecule has 1 unspecified atom stereocenters. The molecule has 29 heavy (non-hydrogen) atoms. The van der Waals surface area contributed by atoms with Crippen LogP contribution in [0.1, 0.15) is 31.9 Å². The highest BCUT2D eigenvalue weighted by molar-refractivity contribution is 6.83. The molecule has 0 saturated heterocycles. The number of rotatable bonds is 3. The van der Waals surface area contributed by atoms with E-state index in [1.54, 1.807) is 4.90 Å². The first kappa shape index (κ1) is 21.0. The molecule has 0 N–H and O–H groups in total. The molecule has 3 amide bonds. The largest absolute Gasteiger partial charge is 0.466 e. The summed E-state index contributed by atoms with van der Waals surface area (Å²) >= 11 is 0. The van der Waals surface area contributed by atoms with Crippen molar-refractivity contribution in [3.05, 3.63) is 57.9 Å². The molecule has 0 aliphatic carbocycles. The molecular formula is C22H28N2O4Si. The molecular weight excluding hydrogens is 384 g/mol. The highest BCUT2D eigenvalue weighted by atomic mass is 28.3. The van der Waals surface area contributed by atoms with E-state index in [1.807, 2.05) is 37.3 Å². The first-order chi connectivity index (χ1) is 13.6. The van der Waals surface area contributed by atoms with Gasteiger partial charge in [-0.25, -0.2) is 9.59 Å². The molecule has 1 aromatic rings. The van der Waals surface area contributed by atoms with Crippen molar-refractivity contribution in [1.29, 1.82) is 0 Å². The molecule has 0 saturated carbocycles. The minimum Gasteiger partial charge on any atom is -0.466 e. The monoisotopic (exact) mass is 412 g/mol. The Labute approximate surface area is 172 Å². The van der Waals surface area contributed by atoms with E-state index in [0.717, 1.165) is 12.0 Å². The van der Waals surface area contributed by atoms with Crippen LogP contribution in [0.3, 0.4) is 0 Å². The van der Waals surface area contributed by atoms with Crippen LogP contribution < -0.4 is 0 Å². The number of methoxy groups -OCH3 is 1. The fourth-order valence-electron chi connectivity index (χ4n) is 4.43. The fraction of sp³-hybridized carbons (Fsp3) is 0.409. The van der Waals surface area contributed by atoms with Crippen LogP contribution in [0.4, 0.5) is 4.79 Å². The van der Waals surface area contributed by atoms with Crippen LogP contribution in [0, 0.1) is 0 Å². The topological polar surface area (TPSA) is 66.9 Å². The zero-order valence-electron chi connectivity index (χ0n) is 17.9.